The zero-order valence-electron chi connectivity index (χ0n) is 12.1. The molecule has 1 aromatic carbocycles. The van der Waals surface area contributed by atoms with Gasteiger partial charge in [0.1, 0.15) is 5.75 Å². The second-order valence-electron chi connectivity index (χ2n) is 5.08. The molecule has 0 bridgehead atoms. The molecule has 0 aliphatic carbocycles. The van der Waals surface area contributed by atoms with E-state index >= 15 is 0 Å². The van der Waals surface area contributed by atoms with Crippen molar-refractivity contribution in [1.29, 1.82) is 0 Å². The van der Waals surface area contributed by atoms with Crippen LogP contribution in [0.3, 0.4) is 0 Å². The van der Waals surface area contributed by atoms with Crippen LogP contribution < -0.4 is 10.5 Å². The Morgan fingerprint density at radius 2 is 2.10 bits per heavy atom. The fraction of sp³-hybridized carbons (Fsp3) is 0.625. The van der Waals surface area contributed by atoms with E-state index in [0.29, 0.717) is 32.5 Å². The lowest BCUT2D eigenvalue weighted by Gasteiger charge is -2.22. The van der Waals surface area contributed by atoms with Crippen LogP contribution in [0.25, 0.3) is 0 Å². The molecule has 4 nitrogen and oxygen atoms in total. The average Bonchev–Trinajstić information content (AvgIpc) is 2.52. The lowest BCUT2D eigenvalue weighted by Crippen LogP contribution is -2.24. The van der Waals surface area contributed by atoms with Crippen LogP contribution in [0.2, 0.25) is 0 Å². The Morgan fingerprint density at radius 1 is 1.20 bits per heavy atom. The van der Waals surface area contributed by atoms with Crippen molar-refractivity contribution >= 4 is 0 Å². The molecule has 1 aromatic rings. The van der Waals surface area contributed by atoms with Gasteiger partial charge < -0.3 is 19.9 Å². The van der Waals surface area contributed by atoms with E-state index in [1.807, 2.05) is 24.3 Å². The molecular weight excluding hydrogens is 254 g/mol. The molecular formula is C16H25NO3. The Labute approximate surface area is 121 Å². The highest BCUT2D eigenvalue weighted by atomic mass is 16.5. The predicted octanol–water partition coefficient (Wildman–Crippen LogP) is 2.50. The van der Waals surface area contributed by atoms with Crippen LogP contribution in [-0.4, -0.2) is 32.5 Å². The summed E-state index contributed by atoms with van der Waals surface area (Å²) in [5.74, 6) is 0.880. The third-order valence-electron chi connectivity index (χ3n) is 3.46. The third kappa shape index (κ3) is 5.12. The SMILES string of the molecule is NCc1ccccc1OCCCOCC1CCCCO1. The Morgan fingerprint density at radius 3 is 2.90 bits per heavy atom. The Balaban J connectivity index is 1.55. The number of hydrogen-bond acceptors (Lipinski definition) is 4. The summed E-state index contributed by atoms with van der Waals surface area (Å²) in [6.45, 7) is 3.46. The minimum atomic E-state index is 0.294. The summed E-state index contributed by atoms with van der Waals surface area (Å²) in [4.78, 5) is 0. The lowest BCUT2D eigenvalue weighted by atomic mass is 10.1. The summed E-state index contributed by atoms with van der Waals surface area (Å²) in [5.41, 5.74) is 6.71. The van der Waals surface area contributed by atoms with Crippen LogP contribution in [0.5, 0.6) is 5.75 Å². The van der Waals surface area contributed by atoms with Gasteiger partial charge >= 0.3 is 0 Å². The summed E-state index contributed by atoms with van der Waals surface area (Å²) in [5, 5.41) is 0. The molecule has 20 heavy (non-hydrogen) atoms. The molecule has 1 atom stereocenters. The van der Waals surface area contributed by atoms with Crippen molar-refractivity contribution in [2.45, 2.75) is 38.3 Å². The van der Waals surface area contributed by atoms with Crippen molar-refractivity contribution in [3.05, 3.63) is 29.8 Å². The van der Waals surface area contributed by atoms with Gasteiger partial charge in [-0.15, -0.1) is 0 Å². The highest BCUT2D eigenvalue weighted by molar-refractivity contribution is 5.32. The molecule has 0 aromatic heterocycles. The van der Waals surface area contributed by atoms with Crippen LogP contribution in [0.15, 0.2) is 24.3 Å². The number of para-hydroxylation sites is 1. The molecule has 0 radical (unpaired) electrons. The number of nitrogens with two attached hydrogens (primary N) is 1. The average molecular weight is 279 g/mol. The highest BCUT2D eigenvalue weighted by Gasteiger charge is 2.13. The molecule has 2 rings (SSSR count). The zero-order chi connectivity index (χ0) is 14.0. The Bertz CT molecular complexity index is 378. The van der Waals surface area contributed by atoms with Gasteiger partial charge in [0.25, 0.3) is 0 Å². The van der Waals surface area contributed by atoms with E-state index in [0.717, 1.165) is 30.8 Å². The van der Waals surface area contributed by atoms with E-state index in [1.165, 1.54) is 12.8 Å². The van der Waals surface area contributed by atoms with Gasteiger partial charge in [-0.3, -0.25) is 0 Å². The maximum Gasteiger partial charge on any atom is 0.123 e. The number of rotatable bonds is 8. The van der Waals surface area contributed by atoms with Crippen LogP contribution in [0, 0.1) is 0 Å². The van der Waals surface area contributed by atoms with Crippen molar-refractivity contribution in [1.82, 2.24) is 0 Å². The van der Waals surface area contributed by atoms with E-state index in [-0.39, 0.29) is 0 Å². The van der Waals surface area contributed by atoms with Gasteiger partial charge in [0.05, 0.1) is 19.3 Å². The molecule has 1 saturated heterocycles. The normalized spacial score (nSPS) is 18.9. The van der Waals surface area contributed by atoms with Crippen LogP contribution in [0.1, 0.15) is 31.2 Å². The molecule has 1 unspecified atom stereocenters. The number of hydrogen-bond donors (Lipinski definition) is 1. The summed E-state index contributed by atoms with van der Waals surface area (Å²) >= 11 is 0. The predicted molar refractivity (Wildman–Crippen MR) is 78.9 cm³/mol. The van der Waals surface area contributed by atoms with Gasteiger partial charge in [0.2, 0.25) is 0 Å². The first kappa shape index (κ1) is 15.3. The second-order valence-corrected chi connectivity index (χ2v) is 5.08. The van der Waals surface area contributed by atoms with Gasteiger partial charge in [-0.25, -0.2) is 0 Å². The van der Waals surface area contributed by atoms with Crippen molar-refractivity contribution < 1.29 is 14.2 Å². The molecule has 0 amide bonds. The largest absolute Gasteiger partial charge is 0.493 e. The van der Waals surface area contributed by atoms with Crippen LogP contribution in [0.4, 0.5) is 0 Å². The summed E-state index contributed by atoms with van der Waals surface area (Å²) in [6.07, 6.45) is 4.74. The molecule has 1 aliphatic heterocycles. The van der Waals surface area contributed by atoms with E-state index < -0.39 is 0 Å². The van der Waals surface area contributed by atoms with Gasteiger partial charge in [0.15, 0.2) is 0 Å². The van der Waals surface area contributed by atoms with E-state index in [9.17, 15) is 0 Å². The van der Waals surface area contributed by atoms with E-state index in [4.69, 9.17) is 19.9 Å². The van der Waals surface area contributed by atoms with Crippen molar-refractivity contribution in [3.8, 4) is 5.75 Å². The number of benzene rings is 1. The van der Waals surface area contributed by atoms with Gasteiger partial charge in [-0.05, 0) is 25.3 Å². The van der Waals surface area contributed by atoms with Crippen LogP contribution in [-0.2, 0) is 16.0 Å². The molecule has 1 heterocycles. The summed E-state index contributed by atoms with van der Waals surface area (Å²) in [6, 6.07) is 7.89. The fourth-order valence-electron chi connectivity index (χ4n) is 2.31. The van der Waals surface area contributed by atoms with Gasteiger partial charge in [0, 0.05) is 31.7 Å². The summed E-state index contributed by atoms with van der Waals surface area (Å²) in [7, 11) is 0. The van der Waals surface area contributed by atoms with Crippen molar-refractivity contribution in [2.75, 3.05) is 26.4 Å². The van der Waals surface area contributed by atoms with Crippen LogP contribution >= 0.6 is 0 Å². The number of ether oxygens (including phenoxy) is 3. The molecule has 0 saturated carbocycles. The van der Waals surface area contributed by atoms with Gasteiger partial charge in [-0.2, -0.15) is 0 Å². The van der Waals surface area contributed by atoms with Crippen molar-refractivity contribution in [2.24, 2.45) is 5.73 Å². The smallest absolute Gasteiger partial charge is 0.123 e. The third-order valence-corrected chi connectivity index (χ3v) is 3.46. The van der Waals surface area contributed by atoms with E-state index in [1.54, 1.807) is 0 Å². The first-order valence-corrected chi connectivity index (χ1v) is 7.50. The van der Waals surface area contributed by atoms with Gasteiger partial charge in [-0.1, -0.05) is 18.2 Å². The minimum absolute atomic E-state index is 0.294. The Hall–Kier alpha value is -1.10. The summed E-state index contributed by atoms with van der Waals surface area (Å²) < 4.78 is 17.0. The standard InChI is InChI=1S/C16H25NO3/c17-12-14-6-1-2-8-16(14)20-11-5-9-18-13-15-7-3-4-10-19-15/h1-2,6,8,15H,3-5,7,9-13,17H2. The first-order chi connectivity index (χ1) is 9.90. The molecule has 0 spiro atoms. The lowest BCUT2D eigenvalue weighted by molar-refractivity contribution is -0.0419. The highest BCUT2D eigenvalue weighted by Crippen LogP contribution is 2.17. The fourth-order valence-corrected chi connectivity index (χ4v) is 2.31. The quantitative estimate of drug-likeness (QED) is 0.743. The molecule has 4 heteroatoms. The monoisotopic (exact) mass is 279 g/mol. The molecule has 112 valence electrons. The maximum absolute atomic E-state index is 5.73. The first-order valence-electron chi connectivity index (χ1n) is 7.50. The molecule has 2 N–H and O–H groups in total. The topological polar surface area (TPSA) is 53.7 Å². The maximum atomic E-state index is 5.73. The minimum Gasteiger partial charge on any atom is -0.493 e. The second kappa shape index (κ2) is 8.95. The van der Waals surface area contributed by atoms with Crippen molar-refractivity contribution in [3.63, 3.8) is 0 Å². The zero-order valence-corrected chi connectivity index (χ0v) is 12.1. The molecule has 1 fully saturated rings. The Kier molecular flexibility index (Phi) is 6.84. The molecule has 1 aliphatic rings. The van der Waals surface area contributed by atoms with E-state index in [2.05, 4.69) is 0 Å².